The Bertz CT molecular complexity index is 706. The summed E-state index contributed by atoms with van der Waals surface area (Å²) in [4.78, 5) is 21.9. The van der Waals surface area contributed by atoms with Gasteiger partial charge in [-0.3, -0.25) is 4.79 Å². The SMILES string of the molecule is O=C(/C=C/c1ccccc1Cl)N1CC[C@@H](Oc2ccncn2)C1. The molecule has 23 heavy (non-hydrogen) atoms. The summed E-state index contributed by atoms with van der Waals surface area (Å²) in [7, 11) is 0. The summed E-state index contributed by atoms with van der Waals surface area (Å²) in [5.74, 6) is 0.490. The first-order valence-corrected chi connectivity index (χ1v) is 7.74. The van der Waals surface area contributed by atoms with Crippen LogP contribution in [0.4, 0.5) is 0 Å². The third-order valence-corrected chi connectivity index (χ3v) is 3.95. The fourth-order valence-corrected chi connectivity index (χ4v) is 2.62. The fraction of sp³-hybridized carbons (Fsp3) is 0.235. The lowest BCUT2D eigenvalue weighted by Crippen LogP contribution is -2.29. The molecule has 6 heteroatoms. The molecule has 5 nitrogen and oxygen atoms in total. The van der Waals surface area contributed by atoms with E-state index < -0.39 is 0 Å². The molecule has 0 saturated carbocycles. The fourth-order valence-electron chi connectivity index (χ4n) is 2.42. The molecule has 2 heterocycles. The Morgan fingerprint density at radius 1 is 1.35 bits per heavy atom. The van der Waals surface area contributed by atoms with Gasteiger partial charge in [0.05, 0.1) is 6.54 Å². The van der Waals surface area contributed by atoms with E-state index in [1.165, 1.54) is 6.33 Å². The number of halogens is 1. The molecule has 1 amide bonds. The molecule has 0 N–H and O–H groups in total. The quantitative estimate of drug-likeness (QED) is 0.809. The minimum Gasteiger partial charge on any atom is -0.472 e. The first-order chi connectivity index (χ1) is 11.2. The first-order valence-electron chi connectivity index (χ1n) is 7.36. The van der Waals surface area contributed by atoms with Crippen LogP contribution in [0, 0.1) is 0 Å². The maximum Gasteiger partial charge on any atom is 0.246 e. The monoisotopic (exact) mass is 329 g/mol. The predicted octanol–water partition coefficient (Wildman–Crippen LogP) is 2.82. The molecule has 1 aromatic heterocycles. The van der Waals surface area contributed by atoms with Crippen LogP contribution in [0.3, 0.4) is 0 Å². The average Bonchev–Trinajstić information content (AvgIpc) is 3.03. The Labute approximate surface area is 139 Å². The van der Waals surface area contributed by atoms with E-state index in [2.05, 4.69) is 9.97 Å². The van der Waals surface area contributed by atoms with E-state index in [9.17, 15) is 4.79 Å². The predicted molar refractivity (Wildman–Crippen MR) is 88.1 cm³/mol. The molecule has 1 aliphatic heterocycles. The van der Waals surface area contributed by atoms with Gasteiger partial charge in [-0.1, -0.05) is 29.8 Å². The highest BCUT2D eigenvalue weighted by molar-refractivity contribution is 6.32. The van der Waals surface area contributed by atoms with Crippen molar-refractivity contribution in [3.63, 3.8) is 0 Å². The third-order valence-electron chi connectivity index (χ3n) is 3.61. The molecule has 1 fully saturated rings. The maximum atomic E-state index is 12.2. The molecule has 1 atom stereocenters. The van der Waals surface area contributed by atoms with Crippen LogP contribution in [-0.4, -0.2) is 40.0 Å². The number of nitrogens with zero attached hydrogens (tertiary/aromatic N) is 3. The van der Waals surface area contributed by atoms with Crippen LogP contribution in [0.15, 0.2) is 48.9 Å². The molecule has 0 unspecified atom stereocenters. The lowest BCUT2D eigenvalue weighted by molar-refractivity contribution is -0.125. The van der Waals surface area contributed by atoms with E-state index >= 15 is 0 Å². The molecule has 0 bridgehead atoms. The standard InChI is InChI=1S/C17H16ClN3O2/c18-15-4-2-1-3-13(15)5-6-17(22)21-10-8-14(11-21)23-16-7-9-19-12-20-16/h1-7,9,12,14H,8,10-11H2/b6-5+/t14-/m1/s1. The van der Waals surface area contributed by atoms with E-state index in [1.54, 1.807) is 35.4 Å². The van der Waals surface area contributed by atoms with Crippen LogP contribution in [0.25, 0.3) is 6.08 Å². The number of carbonyl (C=O) groups excluding carboxylic acids is 1. The highest BCUT2D eigenvalue weighted by Gasteiger charge is 2.26. The number of aromatic nitrogens is 2. The van der Waals surface area contributed by atoms with Gasteiger partial charge in [0, 0.05) is 36.3 Å². The number of benzene rings is 1. The second-order valence-electron chi connectivity index (χ2n) is 5.22. The van der Waals surface area contributed by atoms with Crippen LogP contribution in [0.2, 0.25) is 5.02 Å². The third kappa shape index (κ3) is 4.07. The highest BCUT2D eigenvalue weighted by atomic mass is 35.5. The summed E-state index contributed by atoms with van der Waals surface area (Å²) in [6.07, 6.45) is 7.11. The van der Waals surface area contributed by atoms with Crippen LogP contribution >= 0.6 is 11.6 Å². The molecule has 0 spiro atoms. The van der Waals surface area contributed by atoms with Gasteiger partial charge in [0.15, 0.2) is 0 Å². The molecule has 3 rings (SSSR count). The Kier molecular flexibility index (Phi) is 4.88. The van der Waals surface area contributed by atoms with Crippen molar-refractivity contribution in [1.82, 2.24) is 14.9 Å². The number of hydrogen-bond donors (Lipinski definition) is 0. The summed E-state index contributed by atoms with van der Waals surface area (Å²) in [6.45, 7) is 1.22. The lowest BCUT2D eigenvalue weighted by atomic mass is 10.2. The summed E-state index contributed by atoms with van der Waals surface area (Å²) in [6, 6.07) is 9.13. The van der Waals surface area contributed by atoms with Crippen LogP contribution in [-0.2, 0) is 4.79 Å². The van der Waals surface area contributed by atoms with Crippen molar-refractivity contribution in [2.75, 3.05) is 13.1 Å². The second-order valence-corrected chi connectivity index (χ2v) is 5.62. The molecule has 1 saturated heterocycles. The molecule has 0 aliphatic carbocycles. The molecular weight excluding hydrogens is 314 g/mol. The van der Waals surface area contributed by atoms with E-state index in [0.717, 1.165) is 12.0 Å². The maximum absolute atomic E-state index is 12.2. The summed E-state index contributed by atoms with van der Waals surface area (Å²) in [5.41, 5.74) is 0.829. The van der Waals surface area contributed by atoms with Crippen LogP contribution < -0.4 is 4.74 Å². The molecule has 1 aliphatic rings. The first kappa shape index (κ1) is 15.5. The molecule has 1 aromatic carbocycles. The zero-order valence-corrected chi connectivity index (χ0v) is 13.2. The smallest absolute Gasteiger partial charge is 0.246 e. The summed E-state index contributed by atoms with van der Waals surface area (Å²) >= 11 is 6.07. The normalized spacial score (nSPS) is 17.6. The number of hydrogen-bond acceptors (Lipinski definition) is 4. The molecular formula is C17H16ClN3O2. The largest absolute Gasteiger partial charge is 0.472 e. The van der Waals surface area contributed by atoms with Crippen molar-refractivity contribution in [3.05, 3.63) is 59.5 Å². The van der Waals surface area contributed by atoms with Crippen molar-refractivity contribution in [2.24, 2.45) is 0 Å². The molecule has 2 aromatic rings. The zero-order valence-electron chi connectivity index (χ0n) is 12.4. The number of amides is 1. The Balaban J connectivity index is 1.56. The van der Waals surface area contributed by atoms with Gasteiger partial charge >= 0.3 is 0 Å². The molecule has 0 radical (unpaired) electrons. The van der Waals surface area contributed by atoms with Crippen molar-refractivity contribution in [3.8, 4) is 5.88 Å². The summed E-state index contributed by atoms with van der Waals surface area (Å²) in [5, 5.41) is 0.628. The minimum absolute atomic E-state index is 0.0393. The van der Waals surface area contributed by atoms with Crippen LogP contribution in [0.1, 0.15) is 12.0 Å². The average molecular weight is 330 g/mol. The van der Waals surface area contributed by atoms with Gasteiger partial charge in [0.2, 0.25) is 11.8 Å². The zero-order chi connectivity index (χ0) is 16.1. The van der Waals surface area contributed by atoms with Crippen molar-refractivity contribution >= 4 is 23.6 Å². The Morgan fingerprint density at radius 2 is 2.22 bits per heavy atom. The number of likely N-dealkylation sites (tertiary alicyclic amines) is 1. The van der Waals surface area contributed by atoms with E-state index in [0.29, 0.717) is 24.0 Å². The number of carbonyl (C=O) groups is 1. The highest BCUT2D eigenvalue weighted by Crippen LogP contribution is 2.18. The van der Waals surface area contributed by atoms with Crippen molar-refractivity contribution < 1.29 is 9.53 Å². The van der Waals surface area contributed by atoms with E-state index in [4.69, 9.17) is 16.3 Å². The van der Waals surface area contributed by atoms with Gasteiger partial charge in [-0.2, -0.15) is 0 Å². The Morgan fingerprint density at radius 3 is 3.00 bits per heavy atom. The number of rotatable bonds is 4. The lowest BCUT2D eigenvalue weighted by Gasteiger charge is -2.15. The van der Waals surface area contributed by atoms with E-state index in [-0.39, 0.29) is 12.0 Å². The van der Waals surface area contributed by atoms with Gasteiger partial charge in [0.25, 0.3) is 0 Å². The van der Waals surface area contributed by atoms with Gasteiger partial charge in [-0.15, -0.1) is 0 Å². The van der Waals surface area contributed by atoms with Gasteiger partial charge < -0.3 is 9.64 Å². The van der Waals surface area contributed by atoms with Crippen molar-refractivity contribution in [1.29, 1.82) is 0 Å². The topological polar surface area (TPSA) is 55.3 Å². The molecule has 118 valence electrons. The number of ether oxygens (including phenoxy) is 1. The van der Waals surface area contributed by atoms with Gasteiger partial charge in [-0.25, -0.2) is 9.97 Å². The minimum atomic E-state index is -0.0429. The van der Waals surface area contributed by atoms with Crippen molar-refractivity contribution in [2.45, 2.75) is 12.5 Å². The second kappa shape index (κ2) is 7.24. The summed E-state index contributed by atoms with van der Waals surface area (Å²) < 4.78 is 5.75. The van der Waals surface area contributed by atoms with Gasteiger partial charge in [-0.05, 0) is 17.7 Å². The Hall–Kier alpha value is -2.40. The van der Waals surface area contributed by atoms with Crippen LogP contribution in [0.5, 0.6) is 5.88 Å². The van der Waals surface area contributed by atoms with E-state index in [1.807, 2.05) is 18.2 Å². The van der Waals surface area contributed by atoms with Gasteiger partial charge in [0.1, 0.15) is 12.4 Å².